The molecule has 0 amide bonds. The van der Waals surface area contributed by atoms with E-state index in [4.69, 9.17) is 9.84 Å². The molecule has 0 radical (unpaired) electrons. The van der Waals surface area contributed by atoms with Crippen LogP contribution < -0.4 is 9.64 Å². The Morgan fingerprint density at radius 3 is 2.35 bits per heavy atom. The van der Waals surface area contributed by atoms with Crippen LogP contribution in [0.15, 0.2) is 60.7 Å². The van der Waals surface area contributed by atoms with Crippen molar-refractivity contribution in [3.05, 3.63) is 94.2 Å². The Kier molecular flexibility index (Phi) is 6.61. The van der Waals surface area contributed by atoms with E-state index in [-0.39, 0.29) is 5.41 Å². The van der Waals surface area contributed by atoms with E-state index in [1.54, 1.807) is 0 Å². The second-order valence-electron chi connectivity index (χ2n) is 11.4. The van der Waals surface area contributed by atoms with E-state index >= 15 is 0 Å². The quantitative estimate of drug-likeness (QED) is 0.272. The summed E-state index contributed by atoms with van der Waals surface area (Å²) in [5, 5.41) is 5.26. The highest BCUT2D eigenvalue weighted by atomic mass is 16.5. The lowest BCUT2D eigenvalue weighted by atomic mass is 9.86. The standard InChI is InChI=1S/C33H39N3O/c1-8-18-37-30-11-9-10-24(4)31(30)36-32(25-15-12-22(2)13-16-25)27-20-35(21-28(27)34-36)29-19-26(33(5,6)7)17-14-23(29)3/h9-17,19H,8,18,20-21H2,1-7H3. The Labute approximate surface area is 221 Å². The van der Waals surface area contributed by atoms with E-state index in [9.17, 15) is 0 Å². The predicted octanol–water partition coefficient (Wildman–Crippen LogP) is 8.07. The maximum absolute atomic E-state index is 6.21. The van der Waals surface area contributed by atoms with Crippen molar-refractivity contribution in [2.24, 2.45) is 0 Å². The molecule has 1 aromatic heterocycles. The van der Waals surface area contributed by atoms with Crippen LogP contribution in [0, 0.1) is 20.8 Å². The molecular formula is C33H39N3O. The molecule has 4 nitrogen and oxygen atoms in total. The van der Waals surface area contributed by atoms with E-state index in [1.165, 1.54) is 33.5 Å². The van der Waals surface area contributed by atoms with Crippen molar-refractivity contribution < 1.29 is 4.74 Å². The number of ether oxygens (including phenoxy) is 1. The number of aromatic nitrogens is 2. The largest absolute Gasteiger partial charge is 0.491 e. The average Bonchev–Trinajstić information content (AvgIpc) is 3.41. The second kappa shape index (κ2) is 9.74. The molecule has 0 N–H and O–H groups in total. The SMILES string of the molecule is CCCOc1cccc(C)c1-n1nc2c(c1-c1ccc(C)cc1)CN(c1cc(C(C)(C)C)ccc1C)C2. The van der Waals surface area contributed by atoms with Gasteiger partial charge in [-0.15, -0.1) is 0 Å². The highest BCUT2D eigenvalue weighted by molar-refractivity contribution is 5.72. The number of hydrogen-bond donors (Lipinski definition) is 0. The summed E-state index contributed by atoms with van der Waals surface area (Å²) in [6.07, 6.45) is 0.968. The molecule has 0 atom stereocenters. The molecule has 5 rings (SSSR count). The van der Waals surface area contributed by atoms with Crippen LogP contribution >= 0.6 is 0 Å². The Bertz CT molecular complexity index is 1420. The molecule has 4 heteroatoms. The Balaban J connectivity index is 1.64. The molecule has 37 heavy (non-hydrogen) atoms. The number of hydrogen-bond acceptors (Lipinski definition) is 3. The van der Waals surface area contributed by atoms with Crippen molar-refractivity contribution in [2.75, 3.05) is 11.5 Å². The normalized spacial score (nSPS) is 13.2. The van der Waals surface area contributed by atoms with E-state index in [2.05, 4.69) is 119 Å². The monoisotopic (exact) mass is 493 g/mol. The minimum atomic E-state index is 0.110. The number of para-hydroxylation sites is 1. The van der Waals surface area contributed by atoms with Gasteiger partial charge in [0.05, 0.1) is 24.5 Å². The first kappa shape index (κ1) is 25.1. The molecule has 4 aromatic rings. The number of anilines is 1. The topological polar surface area (TPSA) is 30.3 Å². The van der Waals surface area contributed by atoms with Gasteiger partial charge >= 0.3 is 0 Å². The summed E-state index contributed by atoms with van der Waals surface area (Å²) in [6, 6.07) is 22.0. The molecule has 1 aliphatic heterocycles. The first-order valence-corrected chi connectivity index (χ1v) is 13.4. The fraction of sp³-hybridized carbons (Fsp3) is 0.364. The van der Waals surface area contributed by atoms with Gasteiger partial charge in [0.25, 0.3) is 0 Å². The lowest BCUT2D eigenvalue weighted by Crippen LogP contribution is -2.19. The summed E-state index contributed by atoms with van der Waals surface area (Å²) in [6.45, 7) is 17.8. The first-order chi connectivity index (χ1) is 17.7. The van der Waals surface area contributed by atoms with Crippen LogP contribution in [-0.4, -0.2) is 16.4 Å². The van der Waals surface area contributed by atoms with Crippen LogP contribution in [0.4, 0.5) is 5.69 Å². The van der Waals surface area contributed by atoms with Gasteiger partial charge in [-0.2, -0.15) is 5.10 Å². The van der Waals surface area contributed by atoms with Gasteiger partial charge in [-0.25, -0.2) is 4.68 Å². The van der Waals surface area contributed by atoms with Crippen LogP contribution in [-0.2, 0) is 18.5 Å². The summed E-state index contributed by atoms with van der Waals surface area (Å²) >= 11 is 0. The zero-order valence-electron chi connectivity index (χ0n) is 23.4. The van der Waals surface area contributed by atoms with Gasteiger partial charge < -0.3 is 9.64 Å². The van der Waals surface area contributed by atoms with Gasteiger partial charge in [0.2, 0.25) is 0 Å². The lowest BCUT2D eigenvalue weighted by molar-refractivity contribution is 0.315. The zero-order valence-corrected chi connectivity index (χ0v) is 23.4. The molecule has 0 fully saturated rings. The van der Waals surface area contributed by atoms with Gasteiger partial charge in [0.15, 0.2) is 0 Å². The second-order valence-corrected chi connectivity index (χ2v) is 11.4. The molecule has 0 saturated heterocycles. The number of aryl methyl sites for hydroxylation is 3. The van der Waals surface area contributed by atoms with Gasteiger partial charge in [0, 0.05) is 23.4 Å². The summed E-state index contributed by atoms with van der Waals surface area (Å²) in [4.78, 5) is 2.48. The predicted molar refractivity (Wildman–Crippen MR) is 154 cm³/mol. The van der Waals surface area contributed by atoms with Crippen LogP contribution in [0.5, 0.6) is 5.75 Å². The molecule has 0 aliphatic carbocycles. The molecule has 192 valence electrons. The molecule has 2 heterocycles. The molecular weight excluding hydrogens is 454 g/mol. The van der Waals surface area contributed by atoms with Crippen molar-refractivity contribution in [3.63, 3.8) is 0 Å². The number of benzene rings is 3. The summed E-state index contributed by atoms with van der Waals surface area (Å²) in [5.74, 6) is 0.891. The molecule has 0 bridgehead atoms. The van der Waals surface area contributed by atoms with Gasteiger partial charge in [-0.1, -0.05) is 81.8 Å². The van der Waals surface area contributed by atoms with Gasteiger partial charge in [0.1, 0.15) is 11.4 Å². The third-order valence-corrected chi connectivity index (χ3v) is 7.37. The highest BCUT2D eigenvalue weighted by Crippen LogP contribution is 2.40. The molecule has 3 aromatic carbocycles. The third-order valence-electron chi connectivity index (χ3n) is 7.37. The van der Waals surface area contributed by atoms with E-state index in [0.717, 1.165) is 47.9 Å². The summed E-state index contributed by atoms with van der Waals surface area (Å²) in [5.41, 5.74) is 12.3. The Morgan fingerprint density at radius 1 is 0.892 bits per heavy atom. The number of nitrogens with zero attached hydrogens (tertiary/aromatic N) is 3. The Morgan fingerprint density at radius 2 is 1.65 bits per heavy atom. The highest BCUT2D eigenvalue weighted by Gasteiger charge is 2.31. The maximum atomic E-state index is 6.21. The lowest BCUT2D eigenvalue weighted by Gasteiger charge is -2.26. The molecule has 0 unspecified atom stereocenters. The van der Waals surface area contributed by atoms with E-state index < -0.39 is 0 Å². The van der Waals surface area contributed by atoms with Crippen molar-refractivity contribution in [1.29, 1.82) is 0 Å². The zero-order chi connectivity index (χ0) is 26.3. The van der Waals surface area contributed by atoms with Crippen molar-refractivity contribution in [1.82, 2.24) is 9.78 Å². The van der Waals surface area contributed by atoms with Gasteiger partial charge in [-0.3, -0.25) is 0 Å². The average molecular weight is 494 g/mol. The minimum absolute atomic E-state index is 0.110. The van der Waals surface area contributed by atoms with E-state index in [0.29, 0.717) is 6.61 Å². The van der Waals surface area contributed by atoms with Gasteiger partial charge in [-0.05, 0) is 61.4 Å². The molecule has 0 spiro atoms. The molecule has 0 saturated carbocycles. The number of rotatable bonds is 6. The first-order valence-electron chi connectivity index (χ1n) is 13.4. The number of fused-ring (bicyclic) bond motifs is 1. The molecule has 1 aliphatic rings. The van der Waals surface area contributed by atoms with Crippen molar-refractivity contribution in [2.45, 2.75) is 73.4 Å². The fourth-order valence-corrected chi connectivity index (χ4v) is 5.20. The van der Waals surface area contributed by atoms with Crippen LogP contribution in [0.25, 0.3) is 16.9 Å². The third kappa shape index (κ3) is 4.77. The van der Waals surface area contributed by atoms with Crippen molar-refractivity contribution >= 4 is 5.69 Å². The summed E-state index contributed by atoms with van der Waals surface area (Å²) in [7, 11) is 0. The van der Waals surface area contributed by atoms with E-state index in [1.807, 2.05) is 0 Å². The maximum Gasteiger partial charge on any atom is 0.145 e. The van der Waals surface area contributed by atoms with Crippen LogP contribution in [0.3, 0.4) is 0 Å². The smallest absolute Gasteiger partial charge is 0.145 e. The van der Waals surface area contributed by atoms with Crippen LogP contribution in [0.2, 0.25) is 0 Å². The Hall–Kier alpha value is -3.53. The van der Waals surface area contributed by atoms with Crippen LogP contribution in [0.1, 0.15) is 67.6 Å². The van der Waals surface area contributed by atoms with Crippen molar-refractivity contribution in [3.8, 4) is 22.7 Å². The minimum Gasteiger partial charge on any atom is -0.491 e. The fourth-order valence-electron chi connectivity index (χ4n) is 5.20. The summed E-state index contributed by atoms with van der Waals surface area (Å²) < 4.78 is 8.36.